The maximum Gasteiger partial charge on any atom is 0.255 e. The van der Waals surface area contributed by atoms with Gasteiger partial charge < -0.3 is 10.6 Å². The molecular formula is C14H19BrN4OS. The van der Waals surface area contributed by atoms with Crippen molar-refractivity contribution in [3.05, 3.63) is 28.5 Å². The summed E-state index contributed by atoms with van der Waals surface area (Å²) in [6.07, 6.45) is 3.26. The predicted molar refractivity (Wildman–Crippen MR) is 90.3 cm³/mol. The molecule has 1 aliphatic heterocycles. The molecule has 21 heavy (non-hydrogen) atoms. The van der Waals surface area contributed by atoms with E-state index in [0.29, 0.717) is 23.6 Å². The molecule has 2 N–H and O–H groups in total. The highest BCUT2D eigenvalue weighted by Gasteiger charge is 2.33. The second kappa shape index (κ2) is 6.37. The molecule has 0 radical (unpaired) electrons. The van der Waals surface area contributed by atoms with Crippen LogP contribution in [0.5, 0.6) is 0 Å². The molecule has 1 aromatic heterocycles. The van der Waals surface area contributed by atoms with Crippen LogP contribution >= 0.6 is 28.1 Å². The Kier molecular flexibility index (Phi) is 4.95. The van der Waals surface area contributed by atoms with Crippen LogP contribution in [-0.4, -0.2) is 57.4 Å². The zero-order valence-electron chi connectivity index (χ0n) is 12.2. The van der Waals surface area contributed by atoms with Gasteiger partial charge >= 0.3 is 0 Å². The highest BCUT2D eigenvalue weighted by Crippen LogP contribution is 2.19. The summed E-state index contributed by atoms with van der Waals surface area (Å²) in [5.41, 5.74) is 6.08. The highest BCUT2D eigenvalue weighted by atomic mass is 79.9. The lowest BCUT2D eigenvalue weighted by atomic mass is 10.0. The lowest BCUT2D eigenvalue weighted by Gasteiger charge is -2.43. The number of thiocarbonyl (C=S) groups is 1. The molecule has 0 unspecified atom stereocenters. The molecule has 0 bridgehead atoms. The third-order valence-corrected chi connectivity index (χ3v) is 4.85. The lowest BCUT2D eigenvalue weighted by molar-refractivity contribution is 0.0539. The second-order valence-electron chi connectivity index (χ2n) is 5.59. The Morgan fingerprint density at radius 3 is 2.48 bits per heavy atom. The molecule has 1 aliphatic rings. The summed E-state index contributed by atoms with van der Waals surface area (Å²) in [6.45, 7) is 6.89. The minimum Gasteiger partial charge on any atom is -0.392 e. The number of nitrogens with zero attached hydrogens (tertiary/aromatic N) is 3. The van der Waals surface area contributed by atoms with Crippen molar-refractivity contribution in [1.82, 2.24) is 14.8 Å². The summed E-state index contributed by atoms with van der Waals surface area (Å²) in [5.74, 6) is 0.0107. The van der Waals surface area contributed by atoms with Crippen LogP contribution in [0.1, 0.15) is 24.2 Å². The number of carbonyl (C=O) groups is 1. The first-order valence-corrected chi connectivity index (χ1v) is 7.97. The van der Waals surface area contributed by atoms with Gasteiger partial charge in [-0.2, -0.15) is 0 Å². The summed E-state index contributed by atoms with van der Waals surface area (Å²) >= 11 is 8.46. The van der Waals surface area contributed by atoms with E-state index in [4.69, 9.17) is 18.0 Å². The summed E-state index contributed by atoms with van der Waals surface area (Å²) in [4.78, 5) is 21.0. The van der Waals surface area contributed by atoms with E-state index in [1.807, 2.05) is 18.7 Å². The topological polar surface area (TPSA) is 62.5 Å². The van der Waals surface area contributed by atoms with Crippen molar-refractivity contribution >= 4 is 39.0 Å². The number of halogens is 1. The Hall–Kier alpha value is -1.05. The van der Waals surface area contributed by atoms with Crippen LogP contribution in [0.2, 0.25) is 0 Å². The van der Waals surface area contributed by atoms with Crippen LogP contribution in [0.25, 0.3) is 0 Å². The smallest absolute Gasteiger partial charge is 0.255 e. The molecule has 114 valence electrons. The van der Waals surface area contributed by atoms with Crippen LogP contribution in [-0.2, 0) is 0 Å². The van der Waals surface area contributed by atoms with Gasteiger partial charge in [0.05, 0.1) is 16.1 Å². The molecule has 2 heterocycles. The van der Waals surface area contributed by atoms with Crippen molar-refractivity contribution in [3.8, 4) is 0 Å². The third kappa shape index (κ3) is 3.59. The zero-order valence-corrected chi connectivity index (χ0v) is 14.6. The van der Waals surface area contributed by atoms with Gasteiger partial charge in [0.25, 0.3) is 5.91 Å². The standard InChI is InChI=1S/C14H19BrN4OS/c1-14(2,13(16)21)19-5-3-18(4-6-19)12(20)10-7-11(15)9-17-8-10/h7-9H,3-6H2,1-2H3,(H2,16,21). The van der Waals surface area contributed by atoms with E-state index in [9.17, 15) is 4.79 Å². The van der Waals surface area contributed by atoms with Gasteiger partial charge in [-0.05, 0) is 35.8 Å². The number of amides is 1. The predicted octanol–water partition coefficient (Wildman–Crippen LogP) is 1.67. The lowest BCUT2D eigenvalue weighted by Crippen LogP contribution is -2.59. The Bertz CT molecular complexity index is 556. The summed E-state index contributed by atoms with van der Waals surface area (Å²) in [5, 5.41) is 0. The molecule has 2 rings (SSSR count). The Labute approximate surface area is 138 Å². The minimum atomic E-state index is -0.318. The van der Waals surface area contributed by atoms with Crippen molar-refractivity contribution in [3.63, 3.8) is 0 Å². The van der Waals surface area contributed by atoms with Crippen LogP contribution in [0.15, 0.2) is 22.9 Å². The fourth-order valence-electron chi connectivity index (χ4n) is 2.34. The number of carbonyl (C=O) groups excluding carboxylic acids is 1. The van der Waals surface area contributed by atoms with Crippen molar-refractivity contribution in [2.45, 2.75) is 19.4 Å². The first-order valence-electron chi connectivity index (χ1n) is 6.77. The maximum absolute atomic E-state index is 12.4. The third-order valence-electron chi connectivity index (χ3n) is 3.91. The Morgan fingerprint density at radius 2 is 1.95 bits per heavy atom. The van der Waals surface area contributed by atoms with E-state index >= 15 is 0 Å². The number of hydrogen-bond acceptors (Lipinski definition) is 4. The number of hydrogen-bond donors (Lipinski definition) is 1. The molecule has 1 fully saturated rings. The molecule has 1 aromatic rings. The SMILES string of the molecule is CC(C)(C(N)=S)N1CCN(C(=O)c2cncc(Br)c2)CC1. The minimum absolute atomic E-state index is 0.0107. The van der Waals surface area contributed by atoms with E-state index < -0.39 is 0 Å². The summed E-state index contributed by atoms with van der Waals surface area (Å²) < 4.78 is 0.807. The molecule has 0 atom stereocenters. The van der Waals surface area contributed by atoms with E-state index in [-0.39, 0.29) is 11.4 Å². The average Bonchev–Trinajstić information content (AvgIpc) is 2.46. The van der Waals surface area contributed by atoms with Crippen molar-refractivity contribution < 1.29 is 4.79 Å². The summed E-state index contributed by atoms with van der Waals surface area (Å²) in [7, 11) is 0. The number of aromatic nitrogens is 1. The normalized spacial score (nSPS) is 16.8. The van der Waals surface area contributed by atoms with Gasteiger partial charge in [-0.1, -0.05) is 12.2 Å². The van der Waals surface area contributed by atoms with Gasteiger partial charge in [0.2, 0.25) is 0 Å². The molecule has 0 aromatic carbocycles. The van der Waals surface area contributed by atoms with Crippen LogP contribution in [0, 0.1) is 0 Å². The van der Waals surface area contributed by atoms with Gasteiger partial charge in [0, 0.05) is 43.0 Å². The first kappa shape index (κ1) is 16.3. The zero-order chi connectivity index (χ0) is 15.6. The van der Waals surface area contributed by atoms with Crippen LogP contribution < -0.4 is 5.73 Å². The largest absolute Gasteiger partial charge is 0.392 e. The molecule has 1 saturated heterocycles. The molecule has 1 amide bonds. The molecule has 0 spiro atoms. The van der Waals surface area contributed by atoms with Crippen molar-refractivity contribution in [2.75, 3.05) is 26.2 Å². The molecular weight excluding hydrogens is 352 g/mol. The Balaban J connectivity index is 2.01. The van der Waals surface area contributed by atoms with Crippen LogP contribution in [0.4, 0.5) is 0 Å². The second-order valence-corrected chi connectivity index (χ2v) is 6.95. The molecule has 0 saturated carbocycles. The molecule has 7 heteroatoms. The monoisotopic (exact) mass is 370 g/mol. The van der Waals surface area contributed by atoms with Gasteiger partial charge in [-0.25, -0.2) is 0 Å². The van der Waals surface area contributed by atoms with Crippen molar-refractivity contribution in [2.24, 2.45) is 5.73 Å². The molecule has 5 nitrogen and oxygen atoms in total. The number of pyridine rings is 1. The average molecular weight is 371 g/mol. The van der Waals surface area contributed by atoms with E-state index in [2.05, 4.69) is 25.8 Å². The van der Waals surface area contributed by atoms with E-state index in [1.54, 1.807) is 18.5 Å². The highest BCUT2D eigenvalue weighted by molar-refractivity contribution is 9.10. The fraction of sp³-hybridized carbons (Fsp3) is 0.500. The summed E-state index contributed by atoms with van der Waals surface area (Å²) in [6, 6.07) is 1.79. The van der Waals surface area contributed by atoms with Gasteiger partial charge in [0.1, 0.15) is 0 Å². The Morgan fingerprint density at radius 1 is 1.33 bits per heavy atom. The number of piperazine rings is 1. The quantitative estimate of drug-likeness (QED) is 0.819. The van der Waals surface area contributed by atoms with Gasteiger partial charge in [-0.15, -0.1) is 0 Å². The van der Waals surface area contributed by atoms with E-state index in [1.165, 1.54) is 0 Å². The fourth-order valence-corrected chi connectivity index (χ4v) is 2.83. The van der Waals surface area contributed by atoms with Crippen molar-refractivity contribution in [1.29, 1.82) is 0 Å². The van der Waals surface area contributed by atoms with Gasteiger partial charge in [-0.3, -0.25) is 14.7 Å². The van der Waals surface area contributed by atoms with Gasteiger partial charge in [0.15, 0.2) is 0 Å². The van der Waals surface area contributed by atoms with Crippen LogP contribution in [0.3, 0.4) is 0 Å². The first-order chi connectivity index (χ1) is 9.82. The van der Waals surface area contributed by atoms with E-state index in [0.717, 1.165) is 17.6 Å². The molecule has 0 aliphatic carbocycles. The maximum atomic E-state index is 12.4. The number of rotatable bonds is 3. The number of nitrogens with two attached hydrogens (primary N) is 1.